The fourth-order valence-corrected chi connectivity index (χ4v) is 2.30. The van der Waals surface area contributed by atoms with E-state index in [0.29, 0.717) is 12.3 Å². The molecule has 0 spiro atoms. The highest BCUT2D eigenvalue weighted by molar-refractivity contribution is 5.23. The molecule has 2 aromatic rings. The maximum absolute atomic E-state index is 10.2. The Balaban J connectivity index is 2.10. The minimum atomic E-state index is -1.06. The molecule has 0 radical (unpaired) electrons. The summed E-state index contributed by atoms with van der Waals surface area (Å²) in [6.45, 7) is 6.05. The topological polar surface area (TPSA) is 67.5 Å². The molecule has 0 amide bonds. The number of para-hydroxylation sites is 1. The molecule has 2 unspecified atom stereocenters. The van der Waals surface area contributed by atoms with Crippen LogP contribution in [0.5, 0.6) is 5.75 Å². The number of aliphatic hydroxyl groups is 1. The van der Waals surface area contributed by atoms with Gasteiger partial charge in [-0.25, -0.2) is 0 Å². The van der Waals surface area contributed by atoms with Crippen LogP contribution in [0.2, 0.25) is 0 Å². The monoisotopic (exact) mass is 314 g/mol. The second-order valence-corrected chi connectivity index (χ2v) is 6.40. The van der Waals surface area contributed by atoms with Gasteiger partial charge in [0, 0.05) is 6.54 Å². The third-order valence-electron chi connectivity index (χ3n) is 3.74. The summed E-state index contributed by atoms with van der Waals surface area (Å²) in [6, 6.07) is 17.2. The van der Waals surface area contributed by atoms with Crippen molar-refractivity contribution < 1.29 is 9.84 Å². The number of benzene rings is 2. The van der Waals surface area contributed by atoms with E-state index >= 15 is 0 Å². The van der Waals surface area contributed by atoms with Gasteiger partial charge in [0.25, 0.3) is 0 Å². The van der Waals surface area contributed by atoms with Crippen LogP contribution in [0.1, 0.15) is 25.0 Å². The van der Waals surface area contributed by atoms with Gasteiger partial charge in [-0.15, -0.1) is 0 Å². The average Bonchev–Trinajstić information content (AvgIpc) is 2.51. The van der Waals surface area contributed by atoms with Crippen molar-refractivity contribution in [1.29, 1.82) is 0 Å². The Morgan fingerprint density at radius 1 is 1.13 bits per heavy atom. The lowest BCUT2D eigenvalue weighted by Crippen LogP contribution is -2.58. The summed E-state index contributed by atoms with van der Waals surface area (Å²) >= 11 is 0. The largest absolute Gasteiger partial charge is 0.474 e. The molecule has 0 aliphatic heterocycles. The van der Waals surface area contributed by atoms with E-state index in [1.54, 1.807) is 13.8 Å². The lowest BCUT2D eigenvalue weighted by atomic mass is 9.98. The Kier molecular flexibility index (Phi) is 5.77. The molecule has 2 aromatic carbocycles. The number of nitrogens with one attached hydrogen (secondary N) is 1. The molecular formula is C19H26N2O2. The lowest BCUT2D eigenvalue weighted by molar-refractivity contribution is -0.00755. The summed E-state index contributed by atoms with van der Waals surface area (Å²) in [5, 5.41) is 13.5. The molecule has 4 nitrogen and oxygen atoms in total. The van der Waals surface area contributed by atoms with Crippen molar-refractivity contribution >= 4 is 0 Å². The molecule has 0 aromatic heterocycles. The normalized spacial score (nSPS) is 14.3. The Morgan fingerprint density at radius 2 is 1.83 bits per heavy atom. The summed E-state index contributed by atoms with van der Waals surface area (Å²) in [5.41, 5.74) is 7.50. The molecule has 4 N–H and O–H groups in total. The number of hydrogen-bond donors (Lipinski definition) is 3. The van der Waals surface area contributed by atoms with Crippen LogP contribution in [0.3, 0.4) is 0 Å². The standard InChI is InChI=1S/C19H26N2O2/c1-14-8-7-9-15(12-14)13-21-18(17(20)19(2,3)22)23-16-10-5-4-6-11-16/h4-12,17-18,21-22H,13,20H2,1-3H3. The van der Waals surface area contributed by atoms with Gasteiger partial charge in [0.2, 0.25) is 0 Å². The summed E-state index contributed by atoms with van der Waals surface area (Å²) < 4.78 is 5.96. The van der Waals surface area contributed by atoms with Crippen LogP contribution >= 0.6 is 0 Å². The van der Waals surface area contributed by atoms with Crippen LogP contribution in [0.15, 0.2) is 54.6 Å². The number of ether oxygens (including phenoxy) is 1. The molecule has 4 heteroatoms. The van der Waals surface area contributed by atoms with Gasteiger partial charge in [0.1, 0.15) is 5.75 Å². The van der Waals surface area contributed by atoms with Gasteiger partial charge in [-0.05, 0) is 38.5 Å². The van der Waals surface area contributed by atoms with Gasteiger partial charge < -0.3 is 15.6 Å². The zero-order valence-corrected chi connectivity index (χ0v) is 14.0. The fraction of sp³-hybridized carbons (Fsp3) is 0.368. The average molecular weight is 314 g/mol. The Hall–Kier alpha value is -1.88. The van der Waals surface area contributed by atoms with E-state index < -0.39 is 17.9 Å². The third kappa shape index (κ3) is 5.36. The van der Waals surface area contributed by atoms with Gasteiger partial charge >= 0.3 is 0 Å². The predicted octanol–water partition coefficient (Wildman–Crippen LogP) is 2.59. The first-order chi connectivity index (χ1) is 10.9. The molecule has 0 fully saturated rings. The van der Waals surface area contributed by atoms with Crippen LogP contribution in [0, 0.1) is 6.92 Å². The maximum Gasteiger partial charge on any atom is 0.168 e. The van der Waals surface area contributed by atoms with Gasteiger partial charge in [0.15, 0.2) is 6.23 Å². The van der Waals surface area contributed by atoms with E-state index in [2.05, 4.69) is 30.4 Å². The summed E-state index contributed by atoms with van der Waals surface area (Å²) in [6.07, 6.45) is -0.502. The van der Waals surface area contributed by atoms with E-state index in [9.17, 15) is 5.11 Å². The van der Waals surface area contributed by atoms with E-state index in [1.165, 1.54) is 5.56 Å². The number of hydrogen-bond acceptors (Lipinski definition) is 4. The first-order valence-corrected chi connectivity index (χ1v) is 7.85. The van der Waals surface area contributed by atoms with Crippen molar-refractivity contribution in [3.8, 4) is 5.75 Å². The van der Waals surface area contributed by atoms with Crippen molar-refractivity contribution in [2.24, 2.45) is 5.73 Å². The van der Waals surface area contributed by atoms with E-state index in [-0.39, 0.29) is 0 Å². The zero-order valence-electron chi connectivity index (χ0n) is 14.0. The number of aryl methyl sites for hydroxylation is 1. The van der Waals surface area contributed by atoms with Crippen molar-refractivity contribution in [1.82, 2.24) is 5.32 Å². The second kappa shape index (κ2) is 7.59. The Bertz CT molecular complexity index is 608. The van der Waals surface area contributed by atoms with Crippen molar-refractivity contribution in [2.45, 2.75) is 45.2 Å². The van der Waals surface area contributed by atoms with Crippen LogP contribution in [-0.2, 0) is 6.54 Å². The van der Waals surface area contributed by atoms with Gasteiger partial charge in [0.05, 0.1) is 11.6 Å². The van der Waals surface area contributed by atoms with Crippen LogP contribution in [0.4, 0.5) is 0 Å². The van der Waals surface area contributed by atoms with Crippen molar-refractivity contribution in [2.75, 3.05) is 0 Å². The molecule has 0 bridgehead atoms. The van der Waals surface area contributed by atoms with E-state index in [4.69, 9.17) is 10.5 Å². The SMILES string of the molecule is Cc1cccc(CNC(Oc2ccccc2)C(N)C(C)(C)O)c1. The van der Waals surface area contributed by atoms with Crippen molar-refractivity contribution in [3.63, 3.8) is 0 Å². The first-order valence-electron chi connectivity index (χ1n) is 7.85. The van der Waals surface area contributed by atoms with Crippen molar-refractivity contribution in [3.05, 3.63) is 65.7 Å². The molecule has 2 rings (SSSR count). The second-order valence-electron chi connectivity index (χ2n) is 6.40. The molecule has 23 heavy (non-hydrogen) atoms. The molecule has 0 heterocycles. The maximum atomic E-state index is 10.2. The minimum absolute atomic E-state index is 0.502. The highest BCUT2D eigenvalue weighted by Gasteiger charge is 2.32. The summed E-state index contributed by atoms with van der Waals surface area (Å²) in [5.74, 6) is 0.717. The highest BCUT2D eigenvalue weighted by Crippen LogP contribution is 2.16. The molecule has 0 saturated heterocycles. The fourth-order valence-electron chi connectivity index (χ4n) is 2.30. The predicted molar refractivity (Wildman–Crippen MR) is 93.1 cm³/mol. The zero-order chi connectivity index (χ0) is 16.9. The smallest absolute Gasteiger partial charge is 0.168 e. The molecular weight excluding hydrogens is 288 g/mol. The Morgan fingerprint density at radius 3 is 2.43 bits per heavy atom. The molecule has 0 aliphatic carbocycles. The minimum Gasteiger partial charge on any atom is -0.474 e. The Labute approximate surface area is 138 Å². The first kappa shape index (κ1) is 17.5. The van der Waals surface area contributed by atoms with E-state index in [1.807, 2.05) is 36.4 Å². The van der Waals surface area contributed by atoms with Crippen LogP contribution in [-0.4, -0.2) is 23.0 Å². The van der Waals surface area contributed by atoms with E-state index in [0.717, 1.165) is 5.56 Å². The van der Waals surface area contributed by atoms with Gasteiger partial charge in [-0.1, -0.05) is 48.0 Å². The summed E-state index contributed by atoms with van der Waals surface area (Å²) in [4.78, 5) is 0. The van der Waals surface area contributed by atoms with Crippen LogP contribution in [0.25, 0.3) is 0 Å². The quantitative estimate of drug-likeness (QED) is 0.687. The van der Waals surface area contributed by atoms with Gasteiger partial charge in [-0.2, -0.15) is 0 Å². The lowest BCUT2D eigenvalue weighted by Gasteiger charge is -2.33. The molecule has 2 atom stereocenters. The highest BCUT2D eigenvalue weighted by atomic mass is 16.5. The molecule has 124 valence electrons. The molecule has 0 saturated carbocycles. The number of rotatable bonds is 7. The van der Waals surface area contributed by atoms with Crippen LogP contribution < -0.4 is 15.8 Å². The third-order valence-corrected chi connectivity index (χ3v) is 3.74. The molecule has 0 aliphatic rings. The van der Waals surface area contributed by atoms with Gasteiger partial charge in [-0.3, -0.25) is 5.32 Å². The summed E-state index contributed by atoms with van der Waals surface area (Å²) in [7, 11) is 0. The number of nitrogens with two attached hydrogens (primary N) is 1.